The summed E-state index contributed by atoms with van der Waals surface area (Å²) in [4.78, 5) is 12.8. The van der Waals surface area contributed by atoms with Gasteiger partial charge in [-0.15, -0.1) is 0 Å². The summed E-state index contributed by atoms with van der Waals surface area (Å²) in [6.07, 6.45) is 3.35. The fourth-order valence-electron chi connectivity index (χ4n) is 3.69. The summed E-state index contributed by atoms with van der Waals surface area (Å²) in [6, 6.07) is 11.9. The molecule has 3 rings (SSSR count). The first-order chi connectivity index (χ1) is 16.3. The van der Waals surface area contributed by atoms with Gasteiger partial charge in [0.25, 0.3) is 0 Å². The van der Waals surface area contributed by atoms with Crippen molar-refractivity contribution in [1.29, 1.82) is 0 Å². The number of carbonyl (C=O) groups is 1. The Labute approximate surface area is 202 Å². The van der Waals surface area contributed by atoms with E-state index >= 15 is 0 Å². The summed E-state index contributed by atoms with van der Waals surface area (Å²) >= 11 is 0. The number of amides is 1. The maximum Gasteiger partial charge on any atom is 0.243 e. The van der Waals surface area contributed by atoms with E-state index in [4.69, 9.17) is 14.2 Å². The van der Waals surface area contributed by atoms with Gasteiger partial charge < -0.3 is 19.5 Å². The molecule has 0 bridgehead atoms. The number of methoxy groups -OCH3 is 1. The molecule has 1 saturated heterocycles. The largest absolute Gasteiger partial charge is 0.497 e. The molecule has 8 nitrogen and oxygen atoms in total. The van der Waals surface area contributed by atoms with E-state index < -0.39 is 10.0 Å². The summed E-state index contributed by atoms with van der Waals surface area (Å²) in [7, 11) is -2.02. The smallest absolute Gasteiger partial charge is 0.243 e. The molecule has 0 aromatic heterocycles. The maximum atomic E-state index is 13.1. The lowest BCUT2D eigenvalue weighted by Gasteiger charge is -2.26. The van der Waals surface area contributed by atoms with E-state index in [1.165, 1.54) is 10.4 Å². The predicted octanol–water partition coefficient (Wildman–Crippen LogP) is 4.45. The molecule has 1 fully saturated rings. The molecule has 1 heterocycles. The topological polar surface area (TPSA) is 94.2 Å². The van der Waals surface area contributed by atoms with Crippen LogP contribution in [-0.4, -0.2) is 51.5 Å². The van der Waals surface area contributed by atoms with Gasteiger partial charge in [0, 0.05) is 19.5 Å². The van der Waals surface area contributed by atoms with Gasteiger partial charge in [-0.3, -0.25) is 4.79 Å². The highest BCUT2D eigenvalue weighted by Gasteiger charge is 2.27. The van der Waals surface area contributed by atoms with Crippen LogP contribution in [0.15, 0.2) is 47.4 Å². The van der Waals surface area contributed by atoms with E-state index in [0.717, 1.165) is 25.0 Å². The molecule has 2 aromatic rings. The first-order valence-corrected chi connectivity index (χ1v) is 13.1. The van der Waals surface area contributed by atoms with Gasteiger partial charge in [0.1, 0.15) is 17.2 Å². The zero-order chi connectivity index (χ0) is 24.6. The molecular weight excluding hydrogens is 456 g/mol. The molecule has 2 aromatic carbocycles. The van der Waals surface area contributed by atoms with Crippen molar-refractivity contribution in [2.75, 3.05) is 32.1 Å². The Balaban J connectivity index is 1.63. The number of rotatable bonds is 11. The fraction of sp³-hybridized carbons (Fsp3) is 0.480. The zero-order valence-corrected chi connectivity index (χ0v) is 20.9. The number of hydrogen-bond acceptors (Lipinski definition) is 6. The second kappa shape index (κ2) is 12.1. The number of sulfonamides is 1. The summed E-state index contributed by atoms with van der Waals surface area (Å²) in [6.45, 7) is 5.16. The number of ether oxygens (including phenoxy) is 3. The molecule has 1 aliphatic heterocycles. The second-order valence-corrected chi connectivity index (χ2v) is 10.4. The van der Waals surface area contributed by atoms with Crippen LogP contribution in [0.25, 0.3) is 0 Å². The van der Waals surface area contributed by atoms with Crippen LogP contribution < -0.4 is 19.5 Å². The van der Waals surface area contributed by atoms with Gasteiger partial charge in [-0.25, -0.2) is 8.42 Å². The van der Waals surface area contributed by atoms with Crippen molar-refractivity contribution in [2.45, 2.75) is 57.0 Å². The summed E-state index contributed by atoms with van der Waals surface area (Å²) in [5.74, 6) is 1.65. The number of carbonyl (C=O) groups excluding carboxylic acids is 1. The van der Waals surface area contributed by atoms with Crippen LogP contribution in [0.3, 0.4) is 0 Å². The molecule has 1 amide bonds. The van der Waals surface area contributed by atoms with Gasteiger partial charge in [0.05, 0.1) is 30.4 Å². The predicted molar refractivity (Wildman–Crippen MR) is 131 cm³/mol. The van der Waals surface area contributed by atoms with Crippen molar-refractivity contribution in [2.24, 2.45) is 0 Å². The average molecular weight is 491 g/mol. The van der Waals surface area contributed by atoms with Crippen LogP contribution >= 0.6 is 0 Å². The SMILES string of the molecule is COc1ccc(OCCCC(=O)Nc2cc(S(=O)(=O)N3CCCCC3)ccc2OC(C)C)cc1. The van der Waals surface area contributed by atoms with Crippen LogP contribution in [0.2, 0.25) is 0 Å². The van der Waals surface area contributed by atoms with Crippen molar-refractivity contribution in [3.8, 4) is 17.2 Å². The van der Waals surface area contributed by atoms with E-state index in [2.05, 4.69) is 5.32 Å². The number of nitrogens with zero attached hydrogens (tertiary/aromatic N) is 1. The minimum atomic E-state index is -3.62. The van der Waals surface area contributed by atoms with Gasteiger partial charge in [0.2, 0.25) is 15.9 Å². The lowest BCUT2D eigenvalue weighted by molar-refractivity contribution is -0.116. The number of anilines is 1. The van der Waals surface area contributed by atoms with E-state index in [0.29, 0.717) is 43.3 Å². The standard InChI is InChI=1S/C25H34N2O6S/c1-19(2)33-24-14-13-22(34(29,30)27-15-5-4-6-16-27)18-23(24)26-25(28)8-7-17-32-21-11-9-20(31-3)10-12-21/h9-14,18-19H,4-8,15-17H2,1-3H3,(H,26,28). The molecule has 0 atom stereocenters. The van der Waals surface area contributed by atoms with E-state index in [9.17, 15) is 13.2 Å². The molecule has 34 heavy (non-hydrogen) atoms. The molecule has 1 aliphatic rings. The summed E-state index contributed by atoms with van der Waals surface area (Å²) in [5, 5.41) is 2.83. The van der Waals surface area contributed by atoms with E-state index in [1.807, 2.05) is 38.1 Å². The molecule has 0 spiro atoms. The lowest BCUT2D eigenvalue weighted by atomic mass is 10.2. The Morgan fingerprint density at radius 1 is 1.03 bits per heavy atom. The Bertz CT molecular complexity index is 1050. The van der Waals surface area contributed by atoms with Crippen LogP contribution in [0.5, 0.6) is 17.2 Å². The quantitative estimate of drug-likeness (QED) is 0.468. The van der Waals surface area contributed by atoms with E-state index in [1.54, 1.807) is 19.2 Å². The molecular formula is C25H34N2O6S. The number of nitrogens with one attached hydrogen (secondary N) is 1. The van der Waals surface area contributed by atoms with Gasteiger partial charge in [-0.1, -0.05) is 6.42 Å². The van der Waals surface area contributed by atoms with Gasteiger partial charge >= 0.3 is 0 Å². The minimum absolute atomic E-state index is 0.127. The molecule has 0 radical (unpaired) electrons. The highest BCUT2D eigenvalue weighted by molar-refractivity contribution is 7.89. The zero-order valence-electron chi connectivity index (χ0n) is 20.1. The Morgan fingerprint density at radius 2 is 1.71 bits per heavy atom. The molecule has 9 heteroatoms. The third-order valence-corrected chi connectivity index (χ3v) is 7.31. The lowest BCUT2D eigenvalue weighted by Crippen LogP contribution is -2.35. The average Bonchev–Trinajstić information content (AvgIpc) is 2.83. The second-order valence-electron chi connectivity index (χ2n) is 8.47. The number of benzene rings is 2. The molecule has 186 valence electrons. The minimum Gasteiger partial charge on any atom is -0.497 e. The van der Waals surface area contributed by atoms with Crippen molar-refractivity contribution >= 4 is 21.6 Å². The van der Waals surface area contributed by atoms with Crippen molar-refractivity contribution in [1.82, 2.24) is 4.31 Å². The summed E-state index contributed by atoms with van der Waals surface area (Å²) < 4.78 is 44.3. The number of piperidine rings is 1. The normalized spacial score (nSPS) is 14.6. The van der Waals surface area contributed by atoms with Crippen molar-refractivity contribution in [3.63, 3.8) is 0 Å². The third-order valence-electron chi connectivity index (χ3n) is 5.42. The van der Waals surface area contributed by atoms with Crippen LogP contribution in [-0.2, 0) is 14.8 Å². The highest BCUT2D eigenvalue weighted by Crippen LogP contribution is 2.31. The molecule has 1 N–H and O–H groups in total. The fourth-order valence-corrected chi connectivity index (χ4v) is 5.23. The monoisotopic (exact) mass is 490 g/mol. The van der Waals surface area contributed by atoms with Crippen LogP contribution in [0.4, 0.5) is 5.69 Å². The Kier molecular flexibility index (Phi) is 9.18. The Hall–Kier alpha value is -2.78. The van der Waals surface area contributed by atoms with Crippen LogP contribution in [0, 0.1) is 0 Å². The number of hydrogen-bond donors (Lipinski definition) is 1. The molecule has 0 aliphatic carbocycles. The van der Waals surface area contributed by atoms with Crippen LogP contribution in [0.1, 0.15) is 46.0 Å². The van der Waals surface area contributed by atoms with E-state index in [-0.39, 0.29) is 23.3 Å². The van der Waals surface area contributed by atoms with Gasteiger partial charge in [-0.05, 0) is 75.6 Å². The molecule has 0 saturated carbocycles. The van der Waals surface area contributed by atoms with Gasteiger partial charge in [-0.2, -0.15) is 4.31 Å². The third kappa shape index (κ3) is 7.11. The highest BCUT2D eigenvalue weighted by atomic mass is 32.2. The van der Waals surface area contributed by atoms with Crippen molar-refractivity contribution in [3.05, 3.63) is 42.5 Å². The summed E-state index contributed by atoms with van der Waals surface area (Å²) in [5.41, 5.74) is 0.354. The van der Waals surface area contributed by atoms with Gasteiger partial charge in [0.15, 0.2) is 0 Å². The first-order valence-electron chi connectivity index (χ1n) is 11.7. The first kappa shape index (κ1) is 25.8. The van der Waals surface area contributed by atoms with Crippen molar-refractivity contribution < 1.29 is 27.4 Å². The Morgan fingerprint density at radius 3 is 2.35 bits per heavy atom. The molecule has 0 unspecified atom stereocenters. The maximum absolute atomic E-state index is 13.1.